The van der Waals surface area contributed by atoms with Gasteiger partial charge in [0.05, 0.1) is 6.04 Å². The van der Waals surface area contributed by atoms with Gasteiger partial charge in [0.15, 0.2) is 0 Å². The van der Waals surface area contributed by atoms with Crippen molar-refractivity contribution in [2.24, 2.45) is 0 Å². The summed E-state index contributed by atoms with van der Waals surface area (Å²) in [7, 11) is 3.58. The molecule has 0 unspecified atom stereocenters. The van der Waals surface area contributed by atoms with E-state index in [-0.39, 0.29) is 0 Å². The van der Waals surface area contributed by atoms with Gasteiger partial charge in [-0.05, 0) is 5.54 Å². The highest BCUT2D eigenvalue weighted by atomic mass is 28.4. The Morgan fingerprint density at radius 3 is 1.41 bits per heavy atom. The molecule has 0 atom stereocenters. The lowest BCUT2D eigenvalue weighted by Gasteiger charge is -2.22. The molecule has 17 heavy (non-hydrogen) atoms. The maximum Gasteiger partial charge on any atom is 0.590 e. The molecular weight excluding hydrogens is 260 g/mol. The van der Waals surface area contributed by atoms with Gasteiger partial charge in [0.1, 0.15) is 0 Å². The number of hydrogen-bond donors (Lipinski definition) is 0. The summed E-state index contributed by atoms with van der Waals surface area (Å²) < 4.78 is 31.2. The number of rotatable bonds is 7. The van der Waals surface area contributed by atoms with Crippen LogP contribution in [-0.4, -0.2) is 60.3 Å². The van der Waals surface area contributed by atoms with Crippen molar-refractivity contribution in [3.63, 3.8) is 0 Å². The quantitative estimate of drug-likeness (QED) is 0.493. The minimum absolute atomic E-state index is 0.349. The van der Waals surface area contributed by atoms with E-state index in [9.17, 15) is 0 Å². The maximum atomic E-state index is 5.24. The van der Waals surface area contributed by atoms with Crippen molar-refractivity contribution in [1.29, 1.82) is 0 Å². The van der Waals surface area contributed by atoms with Crippen LogP contribution in [0.5, 0.6) is 0 Å². The van der Waals surface area contributed by atoms with E-state index in [4.69, 9.17) is 26.6 Å². The van der Waals surface area contributed by atoms with Crippen LogP contribution in [-0.2, 0) is 26.6 Å². The van der Waals surface area contributed by atoms with Gasteiger partial charge in [-0.3, -0.25) is 0 Å². The summed E-state index contributed by atoms with van der Waals surface area (Å²) in [5.74, 6) is 2.90. The lowest BCUT2D eigenvalue weighted by atomic mass is 10.8. The fourth-order valence-electron chi connectivity index (χ4n) is 1.13. The van der Waals surface area contributed by atoms with Gasteiger partial charge in [-0.2, -0.15) is 0 Å². The zero-order valence-corrected chi connectivity index (χ0v) is 13.2. The third-order valence-electron chi connectivity index (χ3n) is 2.29. The van der Waals surface area contributed by atoms with Gasteiger partial charge in [-0.25, -0.2) is 0 Å². The zero-order chi connectivity index (χ0) is 13.4. The molecule has 0 amide bonds. The summed E-state index contributed by atoms with van der Waals surface area (Å²) in [5.41, 5.74) is 2.86. The first-order valence-electron chi connectivity index (χ1n) is 4.88. The van der Waals surface area contributed by atoms with Crippen LogP contribution in [0.3, 0.4) is 0 Å². The highest BCUT2D eigenvalue weighted by Gasteiger charge is 2.39. The Bertz CT molecular complexity index is 250. The van der Waals surface area contributed by atoms with E-state index in [0.717, 1.165) is 0 Å². The Morgan fingerprint density at radius 1 is 0.706 bits per heavy atom. The van der Waals surface area contributed by atoms with Crippen LogP contribution < -0.4 is 0 Å². The van der Waals surface area contributed by atoms with E-state index in [0.29, 0.717) is 6.04 Å². The van der Waals surface area contributed by atoms with Gasteiger partial charge in [0, 0.05) is 42.7 Å². The van der Waals surface area contributed by atoms with Crippen molar-refractivity contribution in [1.82, 2.24) is 0 Å². The highest BCUT2D eigenvalue weighted by Crippen LogP contribution is 2.12. The largest absolute Gasteiger partial charge is 0.590 e. The van der Waals surface area contributed by atoms with E-state index in [2.05, 4.69) is 11.5 Å². The highest BCUT2D eigenvalue weighted by molar-refractivity contribution is 6.70. The Morgan fingerprint density at radius 2 is 1.12 bits per heavy atom. The Hall–Kier alpha value is -0.246. The van der Waals surface area contributed by atoms with Crippen LogP contribution in [0.4, 0.5) is 0 Å². The molecule has 0 radical (unpaired) electrons. The molecule has 100 valence electrons. The molecule has 0 fully saturated rings. The molecule has 0 N–H and O–H groups in total. The average Bonchev–Trinajstić information content (AvgIpc) is 2.41. The summed E-state index contributed by atoms with van der Waals surface area (Å²) in [5, 5.41) is 0. The summed E-state index contributed by atoms with van der Waals surface area (Å²) in [6.07, 6.45) is 0. The van der Waals surface area contributed by atoms with E-state index in [1.165, 1.54) is 42.7 Å². The van der Waals surface area contributed by atoms with Crippen molar-refractivity contribution >= 4 is 17.6 Å². The predicted octanol–water partition coefficient (Wildman–Crippen LogP) is 0.285. The normalized spacial score (nSPS) is 12.1. The molecule has 6 nitrogen and oxygen atoms in total. The first-order chi connectivity index (χ1) is 8.07. The number of hydrogen-bond acceptors (Lipinski definition) is 6. The monoisotopic (exact) mass is 280 g/mol. The van der Waals surface area contributed by atoms with Crippen molar-refractivity contribution in [2.75, 3.05) is 42.7 Å². The van der Waals surface area contributed by atoms with Gasteiger partial charge in [0.2, 0.25) is 0 Å². The van der Waals surface area contributed by atoms with Crippen molar-refractivity contribution in [3.8, 4) is 11.5 Å². The third-order valence-corrected chi connectivity index (χ3v) is 6.86. The van der Waals surface area contributed by atoms with E-state index < -0.39 is 17.6 Å². The molecule has 0 bridgehead atoms. The van der Waals surface area contributed by atoms with Gasteiger partial charge < -0.3 is 26.6 Å². The molecule has 0 saturated heterocycles. The predicted molar refractivity (Wildman–Crippen MR) is 66.1 cm³/mol. The molecule has 0 aromatic heterocycles. The summed E-state index contributed by atoms with van der Waals surface area (Å²) in [6, 6.07) is 0.349. The topological polar surface area (TPSA) is 55.4 Å². The van der Waals surface area contributed by atoms with Crippen molar-refractivity contribution in [3.05, 3.63) is 0 Å². The third kappa shape index (κ3) is 4.49. The van der Waals surface area contributed by atoms with Gasteiger partial charge in [-0.1, -0.05) is 5.92 Å². The van der Waals surface area contributed by atoms with Crippen LogP contribution in [0.25, 0.3) is 0 Å². The van der Waals surface area contributed by atoms with Crippen molar-refractivity contribution in [2.45, 2.75) is 6.04 Å². The van der Waals surface area contributed by atoms with Gasteiger partial charge in [0.25, 0.3) is 0 Å². The lowest BCUT2D eigenvalue weighted by Crippen LogP contribution is -2.43. The summed E-state index contributed by atoms with van der Waals surface area (Å²) >= 11 is 0. The fraction of sp³-hybridized carbons (Fsp3) is 0.778. The first-order valence-corrected chi connectivity index (χ1v) is 8.54. The van der Waals surface area contributed by atoms with Crippen LogP contribution >= 0.6 is 0 Å². The molecule has 0 aromatic rings. The van der Waals surface area contributed by atoms with E-state index in [1.54, 1.807) is 0 Å². The SMILES string of the molecule is CO[Si](C#CC[Si](OC)(OC)OC)(OC)OC. The van der Waals surface area contributed by atoms with Gasteiger partial charge >= 0.3 is 17.6 Å². The van der Waals surface area contributed by atoms with E-state index in [1.807, 2.05) is 0 Å². The fourth-order valence-corrected chi connectivity index (χ4v) is 3.66. The molecular formula is C9H20O6Si2. The molecule has 8 heteroatoms. The minimum Gasteiger partial charge on any atom is -0.376 e. The summed E-state index contributed by atoms with van der Waals surface area (Å²) in [4.78, 5) is 0. The molecule has 0 aliphatic rings. The average molecular weight is 280 g/mol. The minimum atomic E-state index is -2.86. The lowest BCUT2D eigenvalue weighted by molar-refractivity contribution is 0.128. The van der Waals surface area contributed by atoms with Crippen LogP contribution in [0.2, 0.25) is 6.04 Å². The second-order valence-electron chi connectivity index (χ2n) is 2.94. The van der Waals surface area contributed by atoms with Crippen LogP contribution in [0.15, 0.2) is 0 Å². The maximum absolute atomic E-state index is 5.24. The molecule has 0 rings (SSSR count). The molecule has 0 aromatic carbocycles. The standard InChI is InChI=1S/C9H20O6Si2/c1-10-16(11-2,12-3)8-7-9-17(13-4,14-5)15-6/h8H2,1-6H3. The smallest absolute Gasteiger partial charge is 0.376 e. The Kier molecular flexibility index (Phi) is 7.85. The Balaban J connectivity index is 4.74. The second-order valence-corrected chi connectivity index (χ2v) is 8.47. The first kappa shape index (κ1) is 16.8. The molecule has 0 heterocycles. The van der Waals surface area contributed by atoms with Gasteiger partial charge in [-0.15, -0.1) is 0 Å². The van der Waals surface area contributed by atoms with Crippen molar-refractivity contribution < 1.29 is 26.6 Å². The zero-order valence-electron chi connectivity index (χ0n) is 11.2. The van der Waals surface area contributed by atoms with E-state index >= 15 is 0 Å². The molecule has 0 spiro atoms. The van der Waals surface area contributed by atoms with Crippen LogP contribution in [0.1, 0.15) is 0 Å². The van der Waals surface area contributed by atoms with Crippen LogP contribution in [0, 0.1) is 11.5 Å². The Labute approximate surface area is 105 Å². The molecule has 0 aliphatic heterocycles. The second kappa shape index (κ2) is 7.96. The summed E-state index contributed by atoms with van der Waals surface area (Å²) in [6.45, 7) is 0. The molecule has 0 saturated carbocycles. The molecule has 0 aliphatic carbocycles.